The Balaban J connectivity index is 2.48. The minimum Gasteiger partial charge on any atom is -0.494 e. The minimum atomic E-state index is -4.03. The number of nitrogens with zero attached hydrogens (tertiary/aromatic N) is 1. The van der Waals surface area contributed by atoms with Crippen LogP contribution in [0, 0.1) is 0 Å². The number of benzene rings is 2. The van der Waals surface area contributed by atoms with E-state index in [1.165, 1.54) is 24.3 Å². The maximum Gasteiger partial charge on any atom is 0.270 e. The van der Waals surface area contributed by atoms with E-state index in [-0.39, 0.29) is 17.0 Å². The summed E-state index contributed by atoms with van der Waals surface area (Å²) < 4.78 is 32.2. The van der Waals surface area contributed by atoms with Crippen LogP contribution in [-0.2, 0) is 14.8 Å². The van der Waals surface area contributed by atoms with Crippen molar-refractivity contribution < 1.29 is 17.9 Å². The van der Waals surface area contributed by atoms with Crippen LogP contribution in [0.15, 0.2) is 53.4 Å². The molecule has 0 N–H and O–H groups in total. The molecule has 2 aromatic rings. The van der Waals surface area contributed by atoms with Gasteiger partial charge in [-0.25, -0.2) is 12.7 Å². The number of anilines is 1. The van der Waals surface area contributed by atoms with Crippen molar-refractivity contribution in [1.82, 2.24) is 0 Å². The first-order chi connectivity index (χ1) is 11.9. The van der Waals surface area contributed by atoms with Gasteiger partial charge in [-0.05, 0) is 61.9 Å². The SMILES string of the molecule is CCCC(=O)N(c1ccc(OCC)cc1)S(=O)(=O)c1ccc(Cl)cc1. The van der Waals surface area contributed by atoms with Gasteiger partial charge in [-0.1, -0.05) is 18.5 Å². The number of ether oxygens (including phenoxy) is 1. The first-order valence-electron chi connectivity index (χ1n) is 7.96. The highest BCUT2D eigenvalue weighted by molar-refractivity contribution is 7.93. The molecule has 0 fully saturated rings. The molecule has 0 heterocycles. The van der Waals surface area contributed by atoms with Crippen LogP contribution < -0.4 is 9.04 Å². The van der Waals surface area contributed by atoms with Crippen molar-refractivity contribution in [3.63, 3.8) is 0 Å². The standard InChI is InChI=1S/C18H20ClNO4S/c1-3-5-18(21)20(15-8-10-16(11-9-15)24-4-2)25(22,23)17-12-6-14(19)7-13-17/h6-13H,3-5H2,1-2H3. The first-order valence-corrected chi connectivity index (χ1v) is 9.78. The van der Waals surface area contributed by atoms with Crippen molar-refractivity contribution >= 4 is 33.2 Å². The van der Waals surface area contributed by atoms with Gasteiger partial charge in [0.2, 0.25) is 5.91 Å². The van der Waals surface area contributed by atoms with Gasteiger partial charge in [0.1, 0.15) is 5.75 Å². The summed E-state index contributed by atoms with van der Waals surface area (Å²) >= 11 is 5.83. The van der Waals surface area contributed by atoms with Crippen molar-refractivity contribution in [2.24, 2.45) is 0 Å². The Labute approximate surface area is 153 Å². The Kier molecular flexibility index (Phi) is 6.45. The molecule has 0 bridgehead atoms. The third-order valence-corrected chi connectivity index (χ3v) is 5.44. The lowest BCUT2D eigenvalue weighted by Crippen LogP contribution is -2.36. The lowest BCUT2D eigenvalue weighted by atomic mass is 10.2. The molecule has 0 radical (unpaired) electrons. The van der Waals surface area contributed by atoms with Crippen LogP contribution in [0.2, 0.25) is 5.02 Å². The predicted octanol–water partition coefficient (Wildman–Crippen LogP) is 4.26. The molecule has 134 valence electrons. The zero-order chi connectivity index (χ0) is 18.4. The normalized spacial score (nSPS) is 11.2. The van der Waals surface area contributed by atoms with Crippen LogP contribution in [0.5, 0.6) is 5.75 Å². The van der Waals surface area contributed by atoms with Crippen molar-refractivity contribution in [2.45, 2.75) is 31.6 Å². The van der Waals surface area contributed by atoms with Crippen LogP contribution in [-0.4, -0.2) is 20.9 Å². The number of carbonyl (C=O) groups is 1. The maximum absolute atomic E-state index is 13.0. The molecule has 0 aliphatic heterocycles. The van der Waals surface area contributed by atoms with Crippen LogP contribution in [0.1, 0.15) is 26.7 Å². The fourth-order valence-corrected chi connectivity index (χ4v) is 3.86. The van der Waals surface area contributed by atoms with Gasteiger partial charge < -0.3 is 4.74 Å². The molecule has 5 nitrogen and oxygen atoms in total. The quantitative estimate of drug-likeness (QED) is 0.718. The highest BCUT2D eigenvalue weighted by atomic mass is 35.5. The molecule has 2 aromatic carbocycles. The molecule has 0 unspecified atom stereocenters. The van der Waals surface area contributed by atoms with Gasteiger partial charge in [-0.2, -0.15) is 0 Å². The zero-order valence-corrected chi connectivity index (χ0v) is 15.7. The summed E-state index contributed by atoms with van der Waals surface area (Å²) in [6, 6.07) is 12.1. The maximum atomic E-state index is 13.0. The predicted molar refractivity (Wildman–Crippen MR) is 98.6 cm³/mol. The molecule has 7 heteroatoms. The van der Waals surface area contributed by atoms with Gasteiger partial charge in [0.05, 0.1) is 17.2 Å². The molecule has 0 saturated heterocycles. The summed E-state index contributed by atoms with van der Waals surface area (Å²) in [6.07, 6.45) is 0.669. The number of hydrogen-bond acceptors (Lipinski definition) is 4. The lowest BCUT2D eigenvalue weighted by molar-refractivity contribution is -0.117. The van der Waals surface area contributed by atoms with E-state index in [9.17, 15) is 13.2 Å². The topological polar surface area (TPSA) is 63.7 Å². The molecule has 0 atom stereocenters. The van der Waals surface area contributed by atoms with Gasteiger partial charge >= 0.3 is 0 Å². The van der Waals surface area contributed by atoms with Crippen molar-refractivity contribution in [3.8, 4) is 5.75 Å². The molecule has 0 saturated carbocycles. The monoisotopic (exact) mass is 381 g/mol. The lowest BCUT2D eigenvalue weighted by Gasteiger charge is -2.23. The van der Waals surface area contributed by atoms with Gasteiger partial charge in [0.25, 0.3) is 10.0 Å². The van der Waals surface area contributed by atoms with E-state index in [4.69, 9.17) is 16.3 Å². The van der Waals surface area contributed by atoms with E-state index < -0.39 is 15.9 Å². The first kappa shape index (κ1) is 19.3. The Morgan fingerprint density at radius 2 is 1.64 bits per heavy atom. The summed E-state index contributed by atoms with van der Waals surface area (Å²) in [5, 5.41) is 0.423. The third-order valence-electron chi connectivity index (χ3n) is 3.42. The fraction of sp³-hybridized carbons (Fsp3) is 0.278. The van der Waals surface area contributed by atoms with E-state index >= 15 is 0 Å². The van der Waals surface area contributed by atoms with E-state index in [1.807, 2.05) is 13.8 Å². The number of hydrogen-bond donors (Lipinski definition) is 0. The average molecular weight is 382 g/mol. The average Bonchev–Trinajstić information content (AvgIpc) is 2.57. The second kappa shape index (κ2) is 8.36. The molecular formula is C18H20ClNO4S. The molecule has 0 aromatic heterocycles. The second-order valence-electron chi connectivity index (χ2n) is 5.29. The molecule has 2 rings (SSSR count). The molecule has 0 aliphatic carbocycles. The van der Waals surface area contributed by atoms with E-state index in [1.54, 1.807) is 24.3 Å². The molecule has 25 heavy (non-hydrogen) atoms. The summed E-state index contributed by atoms with van der Waals surface area (Å²) in [6.45, 7) is 4.18. The molecule has 0 aliphatic rings. The largest absolute Gasteiger partial charge is 0.494 e. The van der Waals surface area contributed by atoms with E-state index in [0.29, 0.717) is 23.8 Å². The Bertz CT molecular complexity index is 817. The minimum absolute atomic E-state index is 0.00948. The number of sulfonamides is 1. The molecule has 1 amide bonds. The number of halogens is 1. The van der Waals surface area contributed by atoms with E-state index in [2.05, 4.69) is 0 Å². The number of amides is 1. The van der Waals surface area contributed by atoms with Gasteiger partial charge in [-0.3, -0.25) is 4.79 Å². The van der Waals surface area contributed by atoms with Crippen molar-refractivity contribution in [2.75, 3.05) is 10.9 Å². The zero-order valence-electron chi connectivity index (χ0n) is 14.1. The van der Waals surface area contributed by atoms with Crippen molar-refractivity contribution in [1.29, 1.82) is 0 Å². The summed E-state index contributed by atoms with van der Waals surface area (Å²) in [5.74, 6) is 0.125. The van der Waals surface area contributed by atoms with Gasteiger partial charge in [0, 0.05) is 11.4 Å². The van der Waals surface area contributed by atoms with Crippen LogP contribution in [0.25, 0.3) is 0 Å². The highest BCUT2D eigenvalue weighted by Gasteiger charge is 2.30. The van der Waals surface area contributed by atoms with E-state index in [0.717, 1.165) is 4.31 Å². The second-order valence-corrected chi connectivity index (χ2v) is 7.52. The summed E-state index contributed by atoms with van der Waals surface area (Å²) in [5.41, 5.74) is 0.275. The fourth-order valence-electron chi connectivity index (χ4n) is 2.29. The van der Waals surface area contributed by atoms with Gasteiger partial charge in [-0.15, -0.1) is 0 Å². The van der Waals surface area contributed by atoms with Crippen LogP contribution in [0.3, 0.4) is 0 Å². The Morgan fingerprint density at radius 3 is 2.16 bits per heavy atom. The highest BCUT2D eigenvalue weighted by Crippen LogP contribution is 2.27. The number of carbonyl (C=O) groups excluding carboxylic acids is 1. The summed E-state index contributed by atoms with van der Waals surface area (Å²) in [4.78, 5) is 12.5. The Morgan fingerprint density at radius 1 is 1.04 bits per heavy atom. The van der Waals surface area contributed by atoms with Crippen LogP contribution in [0.4, 0.5) is 5.69 Å². The molecule has 0 spiro atoms. The van der Waals surface area contributed by atoms with Crippen molar-refractivity contribution in [3.05, 3.63) is 53.6 Å². The smallest absolute Gasteiger partial charge is 0.270 e. The van der Waals surface area contributed by atoms with Gasteiger partial charge in [0.15, 0.2) is 0 Å². The Hall–Kier alpha value is -2.05. The summed E-state index contributed by atoms with van der Waals surface area (Å²) in [7, 11) is -4.03. The third kappa shape index (κ3) is 4.52. The van der Waals surface area contributed by atoms with Crippen LogP contribution >= 0.6 is 11.6 Å². The molecular weight excluding hydrogens is 362 g/mol. The number of rotatable bonds is 7.